The van der Waals surface area contributed by atoms with E-state index in [1.807, 2.05) is 30.8 Å². The Balaban J connectivity index is 1.76. The predicted octanol–water partition coefficient (Wildman–Crippen LogP) is 2.12. The van der Waals surface area contributed by atoms with Crippen molar-refractivity contribution in [1.82, 2.24) is 24.9 Å². The summed E-state index contributed by atoms with van der Waals surface area (Å²) in [5.41, 5.74) is 1.73. The van der Waals surface area contributed by atoms with Crippen molar-refractivity contribution in [3.8, 4) is 0 Å². The molecule has 0 aliphatic heterocycles. The monoisotopic (exact) mass is 309 g/mol. The molecule has 2 heterocycles. The van der Waals surface area contributed by atoms with Crippen LogP contribution in [0.25, 0.3) is 0 Å². The van der Waals surface area contributed by atoms with E-state index in [1.54, 1.807) is 17.8 Å². The fourth-order valence-corrected chi connectivity index (χ4v) is 2.10. The van der Waals surface area contributed by atoms with Gasteiger partial charge in [0, 0.05) is 25.5 Å². The average molecular weight is 310 g/mol. The fraction of sp³-hybridized carbons (Fsp3) is 0.500. The molecule has 1 N–H and O–H groups in total. The highest BCUT2D eigenvalue weighted by molar-refractivity contribution is 6.31. The van der Waals surface area contributed by atoms with Crippen LogP contribution >= 0.6 is 11.6 Å². The maximum absolute atomic E-state index is 12.0. The number of hydrogen-bond acceptors (Lipinski definition) is 3. The standard InChI is InChI=1S/C14H20ClN5O/c1-10-5-8-19(17-10)7-4-6-16-14(21)12(3)20-9-13(15)11(2)18-20/h5,8-9,12H,4,6-7H2,1-3H3,(H,16,21). The summed E-state index contributed by atoms with van der Waals surface area (Å²) >= 11 is 5.95. The quantitative estimate of drug-likeness (QED) is 0.831. The number of hydrogen-bond donors (Lipinski definition) is 1. The topological polar surface area (TPSA) is 64.7 Å². The van der Waals surface area contributed by atoms with Crippen LogP contribution in [0.1, 0.15) is 30.8 Å². The van der Waals surface area contributed by atoms with Crippen molar-refractivity contribution in [2.24, 2.45) is 0 Å². The molecule has 2 aromatic heterocycles. The summed E-state index contributed by atoms with van der Waals surface area (Å²) in [6, 6.07) is 1.59. The van der Waals surface area contributed by atoms with E-state index in [-0.39, 0.29) is 11.9 Å². The second kappa shape index (κ2) is 6.76. The lowest BCUT2D eigenvalue weighted by atomic mass is 10.3. The normalized spacial score (nSPS) is 12.4. The van der Waals surface area contributed by atoms with Gasteiger partial charge in [0.1, 0.15) is 6.04 Å². The molecule has 0 spiro atoms. The second-order valence-electron chi connectivity index (χ2n) is 5.08. The van der Waals surface area contributed by atoms with E-state index in [2.05, 4.69) is 15.5 Å². The molecular formula is C14H20ClN5O. The van der Waals surface area contributed by atoms with Crippen LogP contribution in [-0.4, -0.2) is 32.0 Å². The highest BCUT2D eigenvalue weighted by atomic mass is 35.5. The van der Waals surface area contributed by atoms with E-state index in [0.717, 1.165) is 24.4 Å². The number of amides is 1. The summed E-state index contributed by atoms with van der Waals surface area (Å²) in [4.78, 5) is 12.0. The molecule has 7 heteroatoms. The minimum absolute atomic E-state index is 0.0641. The van der Waals surface area contributed by atoms with E-state index in [9.17, 15) is 4.79 Å². The molecule has 2 rings (SSSR count). The van der Waals surface area contributed by atoms with Gasteiger partial charge in [-0.25, -0.2) is 0 Å². The Morgan fingerprint density at radius 2 is 2.19 bits per heavy atom. The van der Waals surface area contributed by atoms with Crippen LogP contribution in [0.3, 0.4) is 0 Å². The van der Waals surface area contributed by atoms with Gasteiger partial charge in [0.25, 0.3) is 0 Å². The summed E-state index contributed by atoms with van der Waals surface area (Å²) in [6.45, 7) is 6.97. The molecule has 0 aliphatic rings. The van der Waals surface area contributed by atoms with Gasteiger partial charge in [-0.15, -0.1) is 0 Å². The summed E-state index contributed by atoms with van der Waals surface area (Å²) in [7, 11) is 0. The summed E-state index contributed by atoms with van der Waals surface area (Å²) < 4.78 is 3.46. The Hall–Kier alpha value is -1.82. The van der Waals surface area contributed by atoms with Crippen molar-refractivity contribution < 1.29 is 4.79 Å². The molecule has 6 nitrogen and oxygen atoms in total. The van der Waals surface area contributed by atoms with Crippen molar-refractivity contribution >= 4 is 17.5 Å². The number of aryl methyl sites for hydroxylation is 3. The highest BCUT2D eigenvalue weighted by Crippen LogP contribution is 2.15. The Labute approximate surface area is 129 Å². The molecule has 2 aromatic rings. The zero-order chi connectivity index (χ0) is 15.4. The number of halogens is 1. The van der Waals surface area contributed by atoms with Gasteiger partial charge in [0.15, 0.2) is 0 Å². The fourth-order valence-electron chi connectivity index (χ4n) is 1.97. The third-order valence-corrected chi connectivity index (χ3v) is 3.64. The molecule has 1 unspecified atom stereocenters. The first kappa shape index (κ1) is 15.6. The van der Waals surface area contributed by atoms with E-state index < -0.39 is 0 Å². The van der Waals surface area contributed by atoms with Crippen LogP contribution in [0.15, 0.2) is 18.5 Å². The predicted molar refractivity (Wildman–Crippen MR) is 81.3 cm³/mol. The number of nitrogens with zero attached hydrogens (tertiary/aromatic N) is 4. The molecule has 0 aliphatic carbocycles. The lowest BCUT2D eigenvalue weighted by molar-refractivity contribution is -0.124. The smallest absolute Gasteiger partial charge is 0.244 e. The van der Waals surface area contributed by atoms with E-state index in [1.165, 1.54) is 0 Å². The van der Waals surface area contributed by atoms with E-state index in [0.29, 0.717) is 11.6 Å². The van der Waals surface area contributed by atoms with Gasteiger partial charge in [0.05, 0.1) is 16.4 Å². The van der Waals surface area contributed by atoms with E-state index >= 15 is 0 Å². The van der Waals surface area contributed by atoms with Gasteiger partial charge in [-0.1, -0.05) is 11.6 Å². The van der Waals surface area contributed by atoms with Crippen molar-refractivity contribution in [1.29, 1.82) is 0 Å². The van der Waals surface area contributed by atoms with Crippen LogP contribution in [0, 0.1) is 13.8 Å². The molecule has 0 bridgehead atoms. The first-order valence-corrected chi connectivity index (χ1v) is 7.34. The van der Waals surface area contributed by atoms with Crippen LogP contribution < -0.4 is 5.32 Å². The minimum atomic E-state index is -0.372. The summed E-state index contributed by atoms with van der Waals surface area (Å²) in [5.74, 6) is -0.0641. The largest absolute Gasteiger partial charge is 0.354 e. The second-order valence-corrected chi connectivity index (χ2v) is 5.49. The first-order chi connectivity index (χ1) is 9.97. The third-order valence-electron chi connectivity index (χ3n) is 3.27. The van der Waals surface area contributed by atoms with Gasteiger partial charge in [-0.2, -0.15) is 10.2 Å². The van der Waals surface area contributed by atoms with Crippen molar-refractivity contribution in [3.63, 3.8) is 0 Å². The molecule has 1 amide bonds. The molecule has 0 saturated heterocycles. The minimum Gasteiger partial charge on any atom is -0.354 e. The van der Waals surface area contributed by atoms with Crippen LogP contribution in [0.5, 0.6) is 0 Å². The molecule has 21 heavy (non-hydrogen) atoms. The zero-order valence-electron chi connectivity index (χ0n) is 12.5. The van der Waals surface area contributed by atoms with Crippen LogP contribution in [-0.2, 0) is 11.3 Å². The maximum Gasteiger partial charge on any atom is 0.244 e. The SMILES string of the molecule is Cc1ccn(CCCNC(=O)C(C)n2cc(Cl)c(C)n2)n1. The molecule has 114 valence electrons. The first-order valence-electron chi connectivity index (χ1n) is 6.96. The molecular weight excluding hydrogens is 290 g/mol. The van der Waals surface area contributed by atoms with Gasteiger partial charge < -0.3 is 5.32 Å². The van der Waals surface area contributed by atoms with Crippen molar-refractivity contribution in [2.45, 2.75) is 39.8 Å². The molecule has 0 fully saturated rings. The number of nitrogens with one attached hydrogen (secondary N) is 1. The molecule has 0 saturated carbocycles. The number of rotatable bonds is 6. The number of aromatic nitrogens is 4. The maximum atomic E-state index is 12.0. The Bertz CT molecular complexity index is 599. The summed E-state index contributed by atoms with van der Waals surface area (Å²) in [6.07, 6.45) is 4.44. The lowest BCUT2D eigenvalue weighted by Gasteiger charge is -2.12. The third kappa shape index (κ3) is 4.07. The zero-order valence-corrected chi connectivity index (χ0v) is 13.3. The average Bonchev–Trinajstić information content (AvgIpc) is 3.00. The molecule has 0 aromatic carbocycles. The highest BCUT2D eigenvalue weighted by Gasteiger charge is 2.16. The van der Waals surface area contributed by atoms with Crippen LogP contribution in [0.2, 0.25) is 5.02 Å². The number of carbonyl (C=O) groups is 1. The Kier molecular flexibility index (Phi) is 5.01. The Morgan fingerprint density at radius 3 is 2.76 bits per heavy atom. The van der Waals surface area contributed by atoms with Gasteiger partial charge in [-0.05, 0) is 33.3 Å². The summed E-state index contributed by atoms with van der Waals surface area (Å²) in [5, 5.41) is 12.0. The Morgan fingerprint density at radius 1 is 1.43 bits per heavy atom. The lowest BCUT2D eigenvalue weighted by Crippen LogP contribution is -2.32. The van der Waals surface area contributed by atoms with Crippen molar-refractivity contribution in [3.05, 3.63) is 34.9 Å². The number of carbonyl (C=O) groups excluding carboxylic acids is 1. The van der Waals surface area contributed by atoms with Crippen molar-refractivity contribution in [2.75, 3.05) is 6.54 Å². The van der Waals surface area contributed by atoms with Gasteiger partial charge >= 0.3 is 0 Å². The van der Waals surface area contributed by atoms with E-state index in [4.69, 9.17) is 11.6 Å². The van der Waals surface area contributed by atoms with Crippen LogP contribution in [0.4, 0.5) is 0 Å². The van der Waals surface area contributed by atoms with Gasteiger partial charge in [-0.3, -0.25) is 14.2 Å². The van der Waals surface area contributed by atoms with Gasteiger partial charge in [0.2, 0.25) is 5.91 Å². The molecule has 1 atom stereocenters. The molecule has 0 radical (unpaired) electrons.